The summed E-state index contributed by atoms with van der Waals surface area (Å²) < 4.78 is -0.121. The minimum atomic E-state index is -0.121. The zero-order valence-electron chi connectivity index (χ0n) is 11.7. The van der Waals surface area contributed by atoms with Gasteiger partial charge in [0, 0.05) is 0 Å². The second kappa shape index (κ2) is 5.71. The van der Waals surface area contributed by atoms with Gasteiger partial charge in [-0.2, -0.15) is 0 Å². The third kappa shape index (κ3) is 2.34. The molecule has 1 heteroatoms. The van der Waals surface area contributed by atoms with E-state index in [0.29, 0.717) is 0 Å². The van der Waals surface area contributed by atoms with Gasteiger partial charge >= 0.3 is 129 Å². The third-order valence-corrected chi connectivity index (χ3v) is 4.05. The summed E-state index contributed by atoms with van der Waals surface area (Å²) in [5.41, 5.74) is 3.95. The van der Waals surface area contributed by atoms with E-state index in [1.165, 1.54) is 16.7 Å². The van der Waals surface area contributed by atoms with E-state index in [9.17, 15) is 0 Å². The molecule has 0 radical (unpaired) electrons. The molecule has 0 bridgehead atoms. The monoisotopic (exact) mass is 250 g/mol. The van der Waals surface area contributed by atoms with Crippen LogP contribution in [0.25, 0.3) is 0 Å². The summed E-state index contributed by atoms with van der Waals surface area (Å²) in [5, 5.41) is 0. The first-order valence-electron chi connectivity index (χ1n) is 6.98. The Morgan fingerprint density at radius 1 is 0.450 bits per heavy atom. The van der Waals surface area contributed by atoms with Crippen LogP contribution in [-0.4, -0.2) is 17.7 Å². The number of benzene rings is 3. The molecule has 3 rings (SSSR count). The third-order valence-electron chi connectivity index (χ3n) is 4.05. The van der Waals surface area contributed by atoms with Crippen LogP contribution in [0.15, 0.2) is 91.0 Å². The number of rotatable bonds is 3. The van der Waals surface area contributed by atoms with Gasteiger partial charge in [-0.05, 0) is 0 Å². The Morgan fingerprint density at radius 3 is 0.950 bits per heavy atom. The van der Waals surface area contributed by atoms with Crippen LogP contribution in [0.3, 0.4) is 0 Å². The van der Waals surface area contributed by atoms with Gasteiger partial charge < -0.3 is 0 Å². The molecule has 20 heavy (non-hydrogen) atoms. The van der Waals surface area contributed by atoms with Crippen LogP contribution in [0, 0.1) is 0 Å². The van der Waals surface area contributed by atoms with Gasteiger partial charge in [-0.15, -0.1) is 0 Å². The van der Waals surface area contributed by atoms with Crippen LogP contribution in [0.5, 0.6) is 0 Å². The van der Waals surface area contributed by atoms with E-state index in [0.717, 1.165) is 0 Å². The van der Waals surface area contributed by atoms with Gasteiger partial charge in [0.25, 0.3) is 0 Å². The van der Waals surface area contributed by atoms with Crippen LogP contribution >= 0.6 is 0 Å². The van der Waals surface area contributed by atoms with E-state index in [2.05, 4.69) is 109 Å². The maximum absolute atomic E-state index is 2.30. The van der Waals surface area contributed by atoms with Gasteiger partial charge in [0.15, 0.2) is 0 Å². The van der Waals surface area contributed by atoms with Gasteiger partial charge in [-0.1, -0.05) is 0 Å². The Balaban J connectivity index is 2.24. The summed E-state index contributed by atoms with van der Waals surface area (Å²) in [6.45, 7) is 0. The summed E-state index contributed by atoms with van der Waals surface area (Å²) in [5.74, 6) is 0. The molecule has 0 fully saturated rings. The molecule has 0 saturated carbocycles. The second-order valence-corrected chi connectivity index (χ2v) is 5.22. The van der Waals surface area contributed by atoms with E-state index < -0.39 is 0 Å². The van der Waals surface area contributed by atoms with Gasteiger partial charge in [-0.3, -0.25) is 0 Å². The SMILES string of the molecule is [Li][C](c1ccccc1)(c1ccccc1)c1ccccc1. The van der Waals surface area contributed by atoms with Crippen LogP contribution in [0.2, 0.25) is 0 Å². The number of hydrogen-bond donors (Lipinski definition) is 0. The molecule has 0 heterocycles. The van der Waals surface area contributed by atoms with Crippen LogP contribution in [0.4, 0.5) is 0 Å². The minimum absolute atomic E-state index is 0.121. The van der Waals surface area contributed by atoms with Crippen molar-refractivity contribution in [3.8, 4) is 0 Å². The van der Waals surface area contributed by atoms with Crippen molar-refractivity contribution in [1.29, 1.82) is 0 Å². The van der Waals surface area contributed by atoms with E-state index in [4.69, 9.17) is 0 Å². The molecule has 92 valence electrons. The molecule has 3 aromatic rings. The van der Waals surface area contributed by atoms with Gasteiger partial charge in [-0.25, -0.2) is 0 Å². The van der Waals surface area contributed by atoms with Crippen LogP contribution in [-0.2, 0) is 4.09 Å². The molecule has 0 aliphatic rings. The van der Waals surface area contributed by atoms with E-state index in [1.807, 2.05) is 0 Å². The summed E-state index contributed by atoms with van der Waals surface area (Å²) in [6, 6.07) is 32.1. The van der Waals surface area contributed by atoms with Crippen LogP contribution < -0.4 is 0 Å². The fourth-order valence-corrected chi connectivity index (χ4v) is 2.81. The molecule has 0 unspecified atom stereocenters. The van der Waals surface area contributed by atoms with Gasteiger partial charge in [0.05, 0.1) is 0 Å². The normalized spacial score (nSPS) is 11.3. The van der Waals surface area contributed by atoms with Crippen LogP contribution in [0.1, 0.15) is 16.7 Å². The van der Waals surface area contributed by atoms with Crippen molar-refractivity contribution >= 4 is 17.7 Å². The average molecular weight is 250 g/mol. The van der Waals surface area contributed by atoms with E-state index >= 15 is 0 Å². The molecular weight excluding hydrogens is 235 g/mol. The fourth-order valence-electron chi connectivity index (χ4n) is 2.81. The van der Waals surface area contributed by atoms with E-state index in [1.54, 1.807) is 0 Å². The first-order valence-corrected chi connectivity index (χ1v) is 6.98. The molecule has 3 aromatic carbocycles. The Labute approximate surface area is 129 Å². The molecule has 0 saturated heterocycles. The van der Waals surface area contributed by atoms with Gasteiger partial charge in [0.2, 0.25) is 0 Å². The van der Waals surface area contributed by atoms with Crippen molar-refractivity contribution in [3.63, 3.8) is 0 Å². The Kier molecular flexibility index (Phi) is 3.78. The summed E-state index contributed by atoms with van der Waals surface area (Å²) in [4.78, 5) is 0. The molecule has 0 spiro atoms. The zero-order chi connectivity index (χ0) is 13.8. The molecule has 0 nitrogen and oxygen atoms in total. The molecule has 0 aromatic heterocycles. The predicted molar refractivity (Wildman–Crippen MR) is 85.0 cm³/mol. The first-order chi connectivity index (χ1) is 9.82. The Hall–Kier alpha value is -1.74. The molecule has 0 N–H and O–H groups in total. The quantitative estimate of drug-likeness (QED) is 0.484. The van der Waals surface area contributed by atoms with E-state index in [-0.39, 0.29) is 4.09 Å². The maximum atomic E-state index is 2.30. The molecule has 0 atom stereocenters. The van der Waals surface area contributed by atoms with Gasteiger partial charge in [0.1, 0.15) is 0 Å². The van der Waals surface area contributed by atoms with Crippen molar-refractivity contribution in [3.05, 3.63) is 108 Å². The van der Waals surface area contributed by atoms with Crippen molar-refractivity contribution in [2.75, 3.05) is 0 Å². The molecular formula is C19H15Li. The standard InChI is InChI=1S/C19H15.Li/c1-4-10-16(11-5-1)19(17-12-6-2-7-13-17)18-14-8-3-9-15-18;/h1-15H;. The predicted octanol–water partition coefficient (Wildman–Crippen LogP) is 4.15. The average Bonchev–Trinajstić information content (AvgIpc) is 2.56. The second-order valence-electron chi connectivity index (χ2n) is 5.22. The molecule has 0 aliphatic carbocycles. The first kappa shape index (κ1) is 13.3. The summed E-state index contributed by atoms with van der Waals surface area (Å²) in [7, 11) is 0. The van der Waals surface area contributed by atoms with Crippen molar-refractivity contribution in [2.24, 2.45) is 0 Å². The van der Waals surface area contributed by atoms with Crippen molar-refractivity contribution in [2.45, 2.75) is 4.09 Å². The number of hydrogen-bond acceptors (Lipinski definition) is 0. The summed E-state index contributed by atoms with van der Waals surface area (Å²) in [6.07, 6.45) is 0. The molecule has 0 aliphatic heterocycles. The van der Waals surface area contributed by atoms with Crippen molar-refractivity contribution in [1.82, 2.24) is 0 Å². The molecule has 0 amide bonds. The zero-order valence-corrected chi connectivity index (χ0v) is 11.7. The Morgan fingerprint density at radius 2 is 0.700 bits per heavy atom. The summed E-state index contributed by atoms with van der Waals surface area (Å²) >= 11 is 2.30. The van der Waals surface area contributed by atoms with Crippen molar-refractivity contribution < 1.29 is 0 Å². The topological polar surface area (TPSA) is 0 Å². The fraction of sp³-hybridized carbons (Fsp3) is 0.0526. The Bertz CT molecular complexity index is 563.